The van der Waals surface area contributed by atoms with Gasteiger partial charge in [-0.05, 0) is 36.4 Å². The molecule has 0 atom stereocenters. The normalized spacial score (nSPS) is 9.78. The van der Waals surface area contributed by atoms with Crippen LogP contribution in [0.1, 0.15) is 17.3 Å². The van der Waals surface area contributed by atoms with Crippen molar-refractivity contribution in [2.45, 2.75) is 6.92 Å². The van der Waals surface area contributed by atoms with Gasteiger partial charge in [0.25, 0.3) is 5.91 Å². The first-order chi connectivity index (χ1) is 11.0. The molecule has 0 bridgehead atoms. The van der Waals surface area contributed by atoms with Crippen LogP contribution in [0.4, 0.5) is 11.4 Å². The Morgan fingerprint density at radius 3 is 1.96 bits per heavy atom. The molecule has 0 heterocycles. The molecule has 2 aromatic carbocycles. The van der Waals surface area contributed by atoms with E-state index in [0.717, 1.165) is 0 Å². The van der Waals surface area contributed by atoms with Crippen LogP contribution >= 0.6 is 0 Å². The molecule has 0 aliphatic heterocycles. The van der Waals surface area contributed by atoms with Crippen LogP contribution in [0, 0.1) is 0 Å². The minimum atomic E-state index is -0.332. The van der Waals surface area contributed by atoms with Gasteiger partial charge < -0.3 is 16.0 Å². The summed E-state index contributed by atoms with van der Waals surface area (Å²) in [5.41, 5.74) is 1.73. The molecule has 0 aromatic heterocycles. The van der Waals surface area contributed by atoms with Crippen LogP contribution in [0.25, 0.3) is 0 Å². The van der Waals surface area contributed by atoms with Gasteiger partial charge >= 0.3 is 0 Å². The number of anilines is 2. The molecule has 23 heavy (non-hydrogen) atoms. The smallest absolute Gasteiger partial charge is 0.251 e. The van der Waals surface area contributed by atoms with Crippen LogP contribution in [-0.4, -0.2) is 24.3 Å². The van der Waals surface area contributed by atoms with Gasteiger partial charge in [0.05, 0.1) is 6.54 Å². The van der Waals surface area contributed by atoms with Crippen molar-refractivity contribution in [3.63, 3.8) is 0 Å². The Hall–Kier alpha value is -3.15. The highest BCUT2D eigenvalue weighted by Gasteiger charge is 2.07. The average molecular weight is 311 g/mol. The van der Waals surface area contributed by atoms with Gasteiger partial charge in [-0.15, -0.1) is 0 Å². The molecule has 0 fully saturated rings. The van der Waals surface area contributed by atoms with Gasteiger partial charge in [-0.25, -0.2) is 0 Å². The molecule has 0 spiro atoms. The molecular formula is C17H17N3O3. The number of carbonyl (C=O) groups is 3. The standard InChI is InChI=1S/C17H17N3O3/c1-12(21)19-14-7-9-15(10-8-14)20-16(22)11-18-17(23)13-5-3-2-4-6-13/h2-10H,11H2,1H3,(H,18,23)(H,19,21)(H,20,22). The lowest BCUT2D eigenvalue weighted by atomic mass is 10.2. The summed E-state index contributed by atoms with van der Waals surface area (Å²) >= 11 is 0. The van der Waals surface area contributed by atoms with Gasteiger partial charge in [-0.2, -0.15) is 0 Å². The fraction of sp³-hybridized carbons (Fsp3) is 0.118. The lowest BCUT2D eigenvalue weighted by Gasteiger charge is -2.08. The van der Waals surface area contributed by atoms with Crippen LogP contribution in [0.2, 0.25) is 0 Å². The molecule has 3 amide bonds. The van der Waals surface area contributed by atoms with Gasteiger partial charge in [0.2, 0.25) is 11.8 Å². The number of carbonyl (C=O) groups excluding carboxylic acids is 3. The molecule has 0 aliphatic carbocycles. The second-order valence-corrected chi connectivity index (χ2v) is 4.86. The van der Waals surface area contributed by atoms with E-state index < -0.39 is 0 Å². The summed E-state index contributed by atoms with van der Waals surface area (Å²) in [4.78, 5) is 34.6. The van der Waals surface area contributed by atoms with Crippen molar-refractivity contribution in [1.82, 2.24) is 5.32 Å². The van der Waals surface area contributed by atoms with Gasteiger partial charge in [-0.3, -0.25) is 14.4 Å². The van der Waals surface area contributed by atoms with Crippen molar-refractivity contribution in [3.05, 3.63) is 60.2 Å². The van der Waals surface area contributed by atoms with E-state index in [-0.39, 0.29) is 24.3 Å². The Labute approximate surface area is 133 Å². The minimum absolute atomic E-state index is 0.124. The predicted molar refractivity (Wildman–Crippen MR) is 88.2 cm³/mol. The van der Waals surface area contributed by atoms with E-state index in [1.54, 1.807) is 48.5 Å². The number of hydrogen-bond donors (Lipinski definition) is 3. The summed E-state index contributed by atoms with van der Waals surface area (Å²) in [5, 5.41) is 7.85. The zero-order chi connectivity index (χ0) is 16.7. The van der Waals surface area contributed by atoms with E-state index in [9.17, 15) is 14.4 Å². The van der Waals surface area contributed by atoms with Gasteiger partial charge in [0.1, 0.15) is 0 Å². The van der Waals surface area contributed by atoms with Crippen molar-refractivity contribution in [3.8, 4) is 0 Å². The maximum absolute atomic E-state index is 11.8. The fourth-order valence-electron chi connectivity index (χ4n) is 1.90. The van der Waals surface area contributed by atoms with Crippen molar-refractivity contribution >= 4 is 29.1 Å². The third-order valence-electron chi connectivity index (χ3n) is 2.93. The van der Waals surface area contributed by atoms with Crippen LogP contribution < -0.4 is 16.0 Å². The van der Waals surface area contributed by atoms with Crippen LogP contribution in [-0.2, 0) is 9.59 Å². The molecule has 0 radical (unpaired) electrons. The second kappa shape index (κ2) is 7.74. The maximum atomic E-state index is 11.8. The highest BCUT2D eigenvalue weighted by molar-refractivity contribution is 5.99. The highest BCUT2D eigenvalue weighted by Crippen LogP contribution is 2.13. The summed E-state index contributed by atoms with van der Waals surface area (Å²) in [7, 11) is 0. The second-order valence-electron chi connectivity index (χ2n) is 4.86. The van der Waals surface area contributed by atoms with Crippen molar-refractivity contribution in [2.24, 2.45) is 0 Å². The molecule has 0 unspecified atom stereocenters. The van der Waals surface area contributed by atoms with Gasteiger partial charge in [0.15, 0.2) is 0 Å². The summed E-state index contributed by atoms with van der Waals surface area (Å²) in [6.45, 7) is 1.30. The van der Waals surface area contributed by atoms with Crippen molar-refractivity contribution in [2.75, 3.05) is 17.2 Å². The first kappa shape index (κ1) is 16.2. The van der Waals surface area contributed by atoms with Crippen LogP contribution in [0.5, 0.6) is 0 Å². The topological polar surface area (TPSA) is 87.3 Å². The average Bonchev–Trinajstić information content (AvgIpc) is 2.55. The molecule has 2 aromatic rings. The van der Waals surface area contributed by atoms with E-state index in [0.29, 0.717) is 16.9 Å². The van der Waals surface area contributed by atoms with Gasteiger partial charge in [-0.1, -0.05) is 18.2 Å². The zero-order valence-corrected chi connectivity index (χ0v) is 12.6. The SMILES string of the molecule is CC(=O)Nc1ccc(NC(=O)CNC(=O)c2ccccc2)cc1. The molecule has 0 saturated heterocycles. The van der Waals surface area contributed by atoms with E-state index in [2.05, 4.69) is 16.0 Å². The van der Waals surface area contributed by atoms with Crippen molar-refractivity contribution < 1.29 is 14.4 Å². The van der Waals surface area contributed by atoms with E-state index in [1.165, 1.54) is 6.92 Å². The number of hydrogen-bond acceptors (Lipinski definition) is 3. The molecule has 6 nitrogen and oxygen atoms in total. The minimum Gasteiger partial charge on any atom is -0.343 e. The summed E-state index contributed by atoms with van der Waals surface area (Å²) in [6, 6.07) is 15.4. The monoisotopic (exact) mass is 311 g/mol. The first-order valence-electron chi connectivity index (χ1n) is 7.05. The first-order valence-corrected chi connectivity index (χ1v) is 7.05. The van der Waals surface area contributed by atoms with E-state index >= 15 is 0 Å². The summed E-state index contributed by atoms with van der Waals surface area (Å²) in [5.74, 6) is -0.797. The fourth-order valence-corrected chi connectivity index (χ4v) is 1.90. The Kier molecular flexibility index (Phi) is 5.46. The number of rotatable bonds is 5. The highest BCUT2D eigenvalue weighted by atomic mass is 16.2. The molecule has 0 aliphatic rings. The Balaban J connectivity index is 1.83. The molecule has 3 N–H and O–H groups in total. The predicted octanol–water partition coefficient (Wildman–Crippen LogP) is 2.01. The zero-order valence-electron chi connectivity index (χ0n) is 12.6. The quantitative estimate of drug-likeness (QED) is 0.789. The maximum Gasteiger partial charge on any atom is 0.251 e. The molecule has 118 valence electrons. The molecular weight excluding hydrogens is 294 g/mol. The Morgan fingerprint density at radius 2 is 1.39 bits per heavy atom. The third-order valence-corrected chi connectivity index (χ3v) is 2.93. The Bertz CT molecular complexity index is 697. The van der Waals surface area contributed by atoms with E-state index in [1.807, 2.05) is 6.07 Å². The number of benzene rings is 2. The lowest BCUT2D eigenvalue weighted by Crippen LogP contribution is -2.32. The van der Waals surface area contributed by atoms with Crippen molar-refractivity contribution in [1.29, 1.82) is 0 Å². The molecule has 6 heteroatoms. The summed E-state index contributed by atoms with van der Waals surface area (Å²) in [6.07, 6.45) is 0. The van der Waals surface area contributed by atoms with Gasteiger partial charge in [0, 0.05) is 23.9 Å². The largest absolute Gasteiger partial charge is 0.343 e. The van der Waals surface area contributed by atoms with Crippen LogP contribution in [0.3, 0.4) is 0 Å². The van der Waals surface area contributed by atoms with E-state index in [4.69, 9.17) is 0 Å². The third kappa shape index (κ3) is 5.28. The number of amides is 3. The van der Waals surface area contributed by atoms with Crippen LogP contribution in [0.15, 0.2) is 54.6 Å². The molecule has 0 saturated carbocycles. The molecule has 2 rings (SSSR count). The lowest BCUT2D eigenvalue weighted by molar-refractivity contribution is -0.115. The summed E-state index contributed by atoms with van der Waals surface area (Å²) < 4.78 is 0. The number of nitrogens with one attached hydrogen (secondary N) is 3. The Morgan fingerprint density at radius 1 is 0.826 bits per heavy atom.